The molecule has 0 radical (unpaired) electrons. The molecule has 1 rings (SSSR count). The Bertz CT molecular complexity index is 567. The average molecular weight is 291 g/mol. The Morgan fingerprint density at radius 3 is 2.90 bits per heavy atom. The monoisotopic (exact) mass is 291 g/mol. The Morgan fingerprint density at radius 2 is 2.33 bits per heavy atom. The number of nitriles is 1. The molecule has 112 valence electrons. The van der Waals surface area contributed by atoms with Crippen LogP contribution in [0, 0.1) is 21.4 Å². The second-order valence-corrected chi connectivity index (χ2v) is 4.41. The molecule has 8 heteroatoms. The van der Waals surface area contributed by atoms with E-state index in [1.165, 1.54) is 18.0 Å². The van der Waals surface area contributed by atoms with Gasteiger partial charge in [-0.2, -0.15) is 5.26 Å². The number of nitro groups is 1. The van der Waals surface area contributed by atoms with Crippen molar-refractivity contribution >= 4 is 17.4 Å². The van der Waals surface area contributed by atoms with E-state index in [2.05, 4.69) is 10.3 Å². The van der Waals surface area contributed by atoms with Crippen LogP contribution >= 0.6 is 0 Å². The highest BCUT2D eigenvalue weighted by atomic mass is 16.6. The molecule has 0 spiro atoms. The van der Waals surface area contributed by atoms with Gasteiger partial charge in [-0.3, -0.25) is 14.9 Å². The summed E-state index contributed by atoms with van der Waals surface area (Å²) in [5.74, 6) is -0.0848. The van der Waals surface area contributed by atoms with Crippen LogP contribution in [0.15, 0.2) is 12.3 Å². The number of anilines is 1. The van der Waals surface area contributed by atoms with Crippen molar-refractivity contribution in [1.29, 1.82) is 5.26 Å². The number of hydrogen-bond donors (Lipinski definition) is 1. The number of nitrogens with zero attached hydrogens (tertiary/aromatic N) is 4. The minimum atomic E-state index is -0.637. The maximum Gasteiger partial charge on any atom is 0.300 e. The molecule has 1 aromatic heterocycles. The van der Waals surface area contributed by atoms with Crippen LogP contribution < -0.4 is 5.32 Å². The predicted octanol–water partition coefficient (Wildman–Crippen LogP) is 1.80. The van der Waals surface area contributed by atoms with E-state index in [0.29, 0.717) is 12.4 Å². The molecule has 1 aromatic rings. The third-order valence-electron chi connectivity index (χ3n) is 2.77. The van der Waals surface area contributed by atoms with Gasteiger partial charge in [0.2, 0.25) is 0 Å². The zero-order chi connectivity index (χ0) is 15.8. The van der Waals surface area contributed by atoms with Crippen LogP contribution in [0.3, 0.4) is 0 Å². The van der Waals surface area contributed by atoms with Gasteiger partial charge in [-0.15, -0.1) is 0 Å². The lowest BCUT2D eigenvalue weighted by atomic mass is 10.2. The quantitative estimate of drug-likeness (QED) is 0.605. The fraction of sp³-hybridized carbons (Fsp3) is 0.462. The van der Waals surface area contributed by atoms with Crippen LogP contribution in [0.5, 0.6) is 0 Å². The number of hydrogen-bond acceptors (Lipinski definition) is 6. The van der Waals surface area contributed by atoms with Crippen molar-refractivity contribution < 1.29 is 9.72 Å². The molecule has 0 saturated heterocycles. The highest BCUT2D eigenvalue weighted by Gasteiger charge is 2.24. The van der Waals surface area contributed by atoms with Gasteiger partial charge in [0.15, 0.2) is 0 Å². The van der Waals surface area contributed by atoms with Crippen molar-refractivity contribution in [3.63, 3.8) is 0 Å². The molecule has 1 amide bonds. The molecule has 0 bridgehead atoms. The number of rotatable bonds is 7. The van der Waals surface area contributed by atoms with Crippen LogP contribution in [0.2, 0.25) is 0 Å². The van der Waals surface area contributed by atoms with Crippen LogP contribution in [-0.4, -0.2) is 40.9 Å². The Hall–Kier alpha value is -2.69. The Labute approximate surface area is 122 Å². The lowest BCUT2D eigenvalue weighted by molar-refractivity contribution is -0.385. The van der Waals surface area contributed by atoms with E-state index >= 15 is 0 Å². The number of carbonyl (C=O) groups is 1. The average Bonchev–Trinajstić information content (AvgIpc) is 2.49. The van der Waals surface area contributed by atoms with Crippen LogP contribution in [0.25, 0.3) is 0 Å². The summed E-state index contributed by atoms with van der Waals surface area (Å²) in [5.41, 5.74) is -0.375. The Balaban J connectivity index is 3.08. The first kappa shape index (κ1) is 16.4. The maximum atomic E-state index is 12.3. The SMILES string of the molecule is CCCNc1cc(C(=O)N(C)CCC#N)c([N+](=O)[O-])cn1. The second-order valence-electron chi connectivity index (χ2n) is 4.41. The normalized spacial score (nSPS) is 9.76. The van der Waals surface area contributed by atoms with Gasteiger partial charge in [-0.1, -0.05) is 6.92 Å². The summed E-state index contributed by atoms with van der Waals surface area (Å²) in [6.07, 6.45) is 2.11. The van der Waals surface area contributed by atoms with Gasteiger partial charge >= 0.3 is 0 Å². The predicted molar refractivity (Wildman–Crippen MR) is 76.9 cm³/mol. The van der Waals surface area contributed by atoms with Crippen molar-refractivity contribution in [3.8, 4) is 6.07 Å². The molecule has 0 aliphatic rings. The molecular formula is C13H17N5O3. The number of nitrogens with one attached hydrogen (secondary N) is 1. The highest BCUT2D eigenvalue weighted by Crippen LogP contribution is 2.21. The highest BCUT2D eigenvalue weighted by molar-refractivity contribution is 5.98. The summed E-state index contributed by atoms with van der Waals surface area (Å²) in [6, 6.07) is 3.30. The summed E-state index contributed by atoms with van der Waals surface area (Å²) in [4.78, 5) is 27.8. The van der Waals surface area contributed by atoms with Gasteiger partial charge < -0.3 is 10.2 Å². The second kappa shape index (κ2) is 7.79. The summed E-state index contributed by atoms with van der Waals surface area (Å²) >= 11 is 0. The first-order valence-corrected chi connectivity index (χ1v) is 6.52. The minimum Gasteiger partial charge on any atom is -0.370 e. The van der Waals surface area contributed by atoms with E-state index in [0.717, 1.165) is 12.6 Å². The van der Waals surface area contributed by atoms with Gasteiger partial charge in [0.1, 0.15) is 17.6 Å². The van der Waals surface area contributed by atoms with Gasteiger partial charge in [-0.05, 0) is 6.42 Å². The van der Waals surface area contributed by atoms with Gasteiger partial charge in [0.05, 0.1) is 17.4 Å². The first-order valence-electron chi connectivity index (χ1n) is 6.52. The number of pyridine rings is 1. The summed E-state index contributed by atoms with van der Waals surface area (Å²) in [6.45, 7) is 2.84. The minimum absolute atomic E-state index is 0.0333. The number of amides is 1. The van der Waals surface area contributed by atoms with Gasteiger partial charge in [0.25, 0.3) is 11.6 Å². The molecule has 8 nitrogen and oxygen atoms in total. The lowest BCUT2D eigenvalue weighted by Crippen LogP contribution is -2.28. The zero-order valence-corrected chi connectivity index (χ0v) is 12.0. The largest absolute Gasteiger partial charge is 0.370 e. The van der Waals surface area contributed by atoms with Crippen LogP contribution in [0.1, 0.15) is 30.1 Å². The topological polar surface area (TPSA) is 112 Å². The van der Waals surface area contributed by atoms with E-state index in [-0.39, 0.29) is 24.2 Å². The van der Waals surface area contributed by atoms with Gasteiger partial charge in [-0.25, -0.2) is 4.98 Å². The first-order chi connectivity index (χ1) is 10.0. The number of carbonyl (C=O) groups excluding carboxylic acids is 1. The van der Waals surface area contributed by atoms with E-state index in [1.807, 2.05) is 13.0 Å². The molecule has 0 aliphatic carbocycles. The molecular weight excluding hydrogens is 274 g/mol. The Kier molecular flexibility index (Phi) is 6.07. The fourth-order valence-corrected chi connectivity index (χ4v) is 1.64. The van der Waals surface area contributed by atoms with E-state index < -0.39 is 10.8 Å². The third-order valence-corrected chi connectivity index (χ3v) is 2.77. The Morgan fingerprint density at radius 1 is 1.62 bits per heavy atom. The number of aromatic nitrogens is 1. The molecule has 0 aromatic carbocycles. The molecule has 21 heavy (non-hydrogen) atoms. The van der Waals surface area contributed by atoms with Crippen molar-refractivity contribution in [1.82, 2.24) is 9.88 Å². The van der Waals surface area contributed by atoms with Crippen molar-refractivity contribution in [2.24, 2.45) is 0 Å². The zero-order valence-electron chi connectivity index (χ0n) is 12.0. The van der Waals surface area contributed by atoms with Crippen LogP contribution in [-0.2, 0) is 0 Å². The van der Waals surface area contributed by atoms with Crippen molar-refractivity contribution in [2.75, 3.05) is 25.5 Å². The van der Waals surface area contributed by atoms with E-state index in [4.69, 9.17) is 5.26 Å². The fourth-order valence-electron chi connectivity index (χ4n) is 1.64. The molecule has 0 unspecified atom stereocenters. The summed E-state index contributed by atoms with van der Waals surface area (Å²) < 4.78 is 0. The molecule has 0 atom stereocenters. The summed E-state index contributed by atoms with van der Waals surface area (Å²) in [7, 11) is 1.50. The van der Waals surface area contributed by atoms with Crippen molar-refractivity contribution in [2.45, 2.75) is 19.8 Å². The third kappa shape index (κ3) is 4.42. The molecule has 1 heterocycles. The molecule has 0 fully saturated rings. The maximum absolute atomic E-state index is 12.3. The lowest BCUT2D eigenvalue weighted by Gasteiger charge is -2.16. The molecule has 0 saturated carbocycles. The summed E-state index contributed by atoms with van der Waals surface area (Å²) in [5, 5.41) is 22.5. The molecule has 1 N–H and O–H groups in total. The van der Waals surface area contributed by atoms with E-state index in [1.54, 1.807) is 0 Å². The smallest absolute Gasteiger partial charge is 0.300 e. The molecule has 0 aliphatic heterocycles. The van der Waals surface area contributed by atoms with Crippen molar-refractivity contribution in [3.05, 3.63) is 27.9 Å². The van der Waals surface area contributed by atoms with E-state index in [9.17, 15) is 14.9 Å². The van der Waals surface area contributed by atoms with Gasteiger partial charge in [0, 0.05) is 26.2 Å². The van der Waals surface area contributed by atoms with Crippen LogP contribution in [0.4, 0.5) is 11.5 Å². The standard InChI is InChI=1S/C13H17N5O3/c1-3-6-15-12-8-10(11(9-16-12)18(20)21)13(19)17(2)7-4-5-14/h8-9H,3-4,6-7H2,1-2H3,(H,15,16).